The van der Waals surface area contributed by atoms with Crippen molar-refractivity contribution >= 4 is 0 Å². The summed E-state index contributed by atoms with van der Waals surface area (Å²) in [6, 6.07) is 0. The van der Waals surface area contributed by atoms with Gasteiger partial charge in [0.15, 0.2) is 0 Å². The molecule has 0 atom stereocenters. The second kappa shape index (κ2) is 143. The summed E-state index contributed by atoms with van der Waals surface area (Å²) in [5.74, 6) is 0. The van der Waals surface area contributed by atoms with Gasteiger partial charge in [-0.05, 0) is 0 Å². The van der Waals surface area contributed by atoms with Gasteiger partial charge in [-0.15, -0.1) is 0 Å². The van der Waals surface area contributed by atoms with Crippen molar-refractivity contribution in [2.45, 2.75) is 0 Å². The topological polar surface area (TPSA) is 122 Å². The molecule has 0 radical (unpaired) electrons. The van der Waals surface area contributed by atoms with E-state index in [2.05, 4.69) is 0 Å². The molecule has 0 aromatic heterocycles. The number of rotatable bonds is 0. The molecule has 0 amide bonds. The molecule has 0 N–H and O–H groups in total. The molecule has 8 heteroatoms. The van der Waals surface area contributed by atoms with Crippen molar-refractivity contribution in [3.63, 3.8) is 0 Å². The Labute approximate surface area is 94.4 Å². The van der Waals surface area contributed by atoms with Crippen LogP contribution in [0, 0.1) is 0 Å². The average Bonchev–Trinajstić information content (AvgIpc) is 0. The third kappa shape index (κ3) is 97.5. The van der Waals surface area contributed by atoms with Gasteiger partial charge in [-0.25, -0.2) is 0 Å². The summed E-state index contributed by atoms with van der Waals surface area (Å²) < 4.78 is 0. The summed E-state index contributed by atoms with van der Waals surface area (Å²) in [5, 5.41) is 0. The second-order valence-corrected chi connectivity index (χ2v) is 0. The Balaban J connectivity index is 0. The fourth-order valence-electron chi connectivity index (χ4n) is 0. The Morgan fingerprint density at radius 2 is 0.375 bits per heavy atom. The van der Waals surface area contributed by atoms with Crippen molar-refractivity contribution < 1.29 is 70.5 Å². The molecule has 4 nitrogen and oxygen atoms in total. The van der Waals surface area contributed by atoms with E-state index < -0.39 is 0 Å². The Morgan fingerprint density at radius 1 is 0.375 bits per heavy atom. The number of nitrogens with zero attached hydrogens (tertiary/aromatic N) is 4. The summed E-state index contributed by atoms with van der Waals surface area (Å²) >= 11 is 0. The summed E-state index contributed by atoms with van der Waals surface area (Å²) in [7, 11) is 0. The van der Waals surface area contributed by atoms with Crippen LogP contribution in [0.1, 0.15) is 0 Å². The average molecular weight is 328 g/mol. The van der Waals surface area contributed by atoms with Crippen LogP contribution < -0.4 is 0 Å². The van der Waals surface area contributed by atoms with Gasteiger partial charge in [0.2, 0.25) is 0 Å². The van der Waals surface area contributed by atoms with Gasteiger partial charge in [-0.2, -0.15) is 0 Å². The van der Waals surface area contributed by atoms with E-state index in [0.29, 0.717) is 0 Å². The Morgan fingerprint density at radius 3 is 0.375 bits per heavy atom. The molecule has 0 aromatic carbocycles. The van der Waals surface area contributed by atoms with Gasteiger partial charge >= 0.3 is 70.5 Å². The number of hydrogen-bond donors (Lipinski definition) is 0. The largest absolute Gasteiger partial charge is 6.00 e. The minimum Gasteiger partial charge on any atom is -3.00 e. The maximum Gasteiger partial charge on any atom is 6.00 e. The zero-order valence-electron chi connectivity index (χ0n) is 3.15. The first kappa shape index (κ1) is 201. The molecule has 0 saturated heterocycles. The van der Waals surface area contributed by atoms with Gasteiger partial charge in [-0.3, -0.25) is 0 Å². The molecule has 0 unspecified atom stereocenters. The molecule has 0 saturated carbocycles. The van der Waals surface area contributed by atoms with Gasteiger partial charge in [-0.1, -0.05) is 0 Å². The first-order valence-corrected chi connectivity index (χ1v) is 0. The van der Waals surface area contributed by atoms with Crippen molar-refractivity contribution in [3.8, 4) is 0 Å². The van der Waals surface area contributed by atoms with Crippen molar-refractivity contribution in [1.82, 2.24) is 0 Å². The minimum atomic E-state index is 0. The van der Waals surface area contributed by atoms with Crippen LogP contribution in [0.5, 0.6) is 0 Å². The summed E-state index contributed by atoms with van der Waals surface area (Å²) in [4.78, 5) is 0. The predicted octanol–water partition coefficient (Wildman–Crippen LogP) is 1.14. The smallest absolute Gasteiger partial charge is 3.00 e. The Hall–Kier alpha value is 2.01. The van der Waals surface area contributed by atoms with Gasteiger partial charge in [0.25, 0.3) is 0 Å². The Bertz CT molecular complexity index is 11.2. The minimum absolute atomic E-state index is 0. The predicted molar refractivity (Wildman–Crippen MR) is 13.4 cm³/mol. The van der Waals surface area contributed by atoms with E-state index in [1.165, 1.54) is 0 Å². The van der Waals surface area contributed by atoms with Crippen LogP contribution in [0.25, 0.3) is 24.6 Å². The van der Waals surface area contributed by atoms with Crippen LogP contribution in [-0.4, -0.2) is 0 Å². The first-order chi connectivity index (χ1) is 0. The normalized spacial score (nSPS) is 0. The van der Waals surface area contributed by atoms with E-state index in [0.717, 1.165) is 0 Å². The molecule has 0 aromatic rings. The summed E-state index contributed by atoms with van der Waals surface area (Å²) in [6.45, 7) is 0. The van der Waals surface area contributed by atoms with Crippen molar-refractivity contribution in [2.24, 2.45) is 0 Å². The molecule has 56 valence electrons. The van der Waals surface area contributed by atoms with E-state index in [9.17, 15) is 0 Å². The maximum atomic E-state index is 0. The molecule has 0 aliphatic carbocycles. The molecule has 0 spiro atoms. The van der Waals surface area contributed by atoms with Crippen LogP contribution in [0.15, 0.2) is 0 Å². The van der Waals surface area contributed by atoms with Crippen LogP contribution in [0.4, 0.5) is 0 Å². The SMILES string of the molecule is [Mo+6].[N-3].[N-3].[N-3].[N-3].[Ni+2].[Ni+2].[Ni+2]. The molecule has 0 heterocycles. The summed E-state index contributed by atoms with van der Waals surface area (Å²) in [6.07, 6.45) is 0. The molecule has 0 aliphatic heterocycles. The standard InChI is InChI=1S/Mo.4N.3Ni/q+6;4*-3;3*+2. The van der Waals surface area contributed by atoms with Crippen LogP contribution in [-0.2, 0) is 70.5 Å². The van der Waals surface area contributed by atoms with Gasteiger partial charge < -0.3 is 24.6 Å². The van der Waals surface area contributed by atoms with Crippen LogP contribution in [0.2, 0.25) is 0 Å². The van der Waals surface area contributed by atoms with E-state index in [4.69, 9.17) is 0 Å². The Kier molecular flexibility index (Phi) is 3600. The molecule has 8 heavy (non-hydrogen) atoms. The van der Waals surface area contributed by atoms with Crippen molar-refractivity contribution in [1.29, 1.82) is 0 Å². The summed E-state index contributed by atoms with van der Waals surface area (Å²) in [5.41, 5.74) is 0. The molecular weight excluding hydrogens is 328 g/mol. The number of hydrogen-bond acceptors (Lipinski definition) is 0. The molecule has 0 aliphatic rings. The first-order valence-electron chi connectivity index (χ1n) is 0. The van der Waals surface area contributed by atoms with Crippen LogP contribution in [0.3, 0.4) is 0 Å². The van der Waals surface area contributed by atoms with Gasteiger partial charge in [0.1, 0.15) is 0 Å². The van der Waals surface area contributed by atoms with Crippen molar-refractivity contribution in [2.75, 3.05) is 0 Å². The van der Waals surface area contributed by atoms with E-state index in [-0.39, 0.29) is 95.1 Å². The second-order valence-electron chi connectivity index (χ2n) is 0. The maximum absolute atomic E-state index is 0. The quantitative estimate of drug-likeness (QED) is 0.592. The molecule has 0 bridgehead atoms. The van der Waals surface area contributed by atoms with E-state index in [1.54, 1.807) is 0 Å². The molecule has 0 fully saturated rings. The molecule has 0 rings (SSSR count). The fourth-order valence-corrected chi connectivity index (χ4v) is 0. The zero-order valence-corrected chi connectivity index (χ0v) is 8.12. The van der Waals surface area contributed by atoms with Crippen molar-refractivity contribution in [3.05, 3.63) is 24.6 Å². The van der Waals surface area contributed by atoms with E-state index >= 15 is 0 Å². The monoisotopic (exact) mass is 328 g/mol. The molecular formula is MoN4Ni3. The van der Waals surface area contributed by atoms with Crippen LogP contribution >= 0.6 is 0 Å². The van der Waals surface area contributed by atoms with Gasteiger partial charge in [0, 0.05) is 0 Å². The third-order valence-electron chi connectivity index (χ3n) is 0. The van der Waals surface area contributed by atoms with Gasteiger partial charge in [0.05, 0.1) is 0 Å². The fraction of sp³-hybridized carbons (Fsp3) is 0. The zero-order chi connectivity index (χ0) is 0. The van der Waals surface area contributed by atoms with E-state index in [1.807, 2.05) is 0 Å². The third-order valence-corrected chi connectivity index (χ3v) is 0.